The summed E-state index contributed by atoms with van der Waals surface area (Å²) in [6.07, 6.45) is -1.17. The van der Waals surface area contributed by atoms with Crippen LogP contribution in [0.5, 0.6) is 5.75 Å². The SMILES string of the molecule is COc1ccc(C(=O)O[C@@H](C)C(=O)Nc2ccc(F)c([N+](=O)[O-])c2)cc1. The molecule has 0 bridgehead atoms. The van der Waals surface area contributed by atoms with Gasteiger partial charge in [0.05, 0.1) is 17.6 Å². The maximum Gasteiger partial charge on any atom is 0.338 e. The molecule has 0 aromatic heterocycles. The lowest BCUT2D eigenvalue weighted by molar-refractivity contribution is -0.387. The van der Waals surface area contributed by atoms with E-state index in [9.17, 15) is 24.1 Å². The highest BCUT2D eigenvalue weighted by molar-refractivity contribution is 5.97. The second-order valence-electron chi connectivity index (χ2n) is 5.19. The molecule has 0 aliphatic rings. The molecule has 2 aromatic carbocycles. The van der Waals surface area contributed by atoms with E-state index in [-0.39, 0.29) is 11.3 Å². The van der Waals surface area contributed by atoms with Crippen molar-refractivity contribution in [1.82, 2.24) is 0 Å². The minimum Gasteiger partial charge on any atom is -0.497 e. The largest absolute Gasteiger partial charge is 0.497 e. The third kappa shape index (κ3) is 4.53. The normalized spacial score (nSPS) is 11.3. The molecule has 0 radical (unpaired) electrons. The van der Waals surface area contributed by atoms with Gasteiger partial charge in [-0.15, -0.1) is 0 Å². The van der Waals surface area contributed by atoms with Crippen molar-refractivity contribution < 1.29 is 28.4 Å². The van der Waals surface area contributed by atoms with Gasteiger partial charge in [0.15, 0.2) is 6.10 Å². The van der Waals surface area contributed by atoms with Gasteiger partial charge in [-0.1, -0.05) is 0 Å². The highest BCUT2D eigenvalue weighted by Crippen LogP contribution is 2.22. The van der Waals surface area contributed by atoms with Crippen molar-refractivity contribution in [2.24, 2.45) is 0 Å². The number of esters is 1. The van der Waals surface area contributed by atoms with Crippen LogP contribution in [0.4, 0.5) is 15.8 Å². The van der Waals surface area contributed by atoms with E-state index in [0.717, 1.165) is 18.2 Å². The number of nitrogens with one attached hydrogen (secondary N) is 1. The summed E-state index contributed by atoms with van der Waals surface area (Å²) < 4.78 is 23.3. The Balaban J connectivity index is 2.01. The third-order valence-electron chi connectivity index (χ3n) is 3.39. The number of nitrogens with zero attached hydrogens (tertiary/aromatic N) is 1. The van der Waals surface area contributed by atoms with Gasteiger partial charge in [-0.05, 0) is 43.3 Å². The molecule has 0 aliphatic carbocycles. The predicted molar refractivity (Wildman–Crippen MR) is 89.6 cm³/mol. The molecule has 8 nitrogen and oxygen atoms in total. The van der Waals surface area contributed by atoms with Crippen LogP contribution in [0.25, 0.3) is 0 Å². The van der Waals surface area contributed by atoms with Gasteiger partial charge in [0.2, 0.25) is 5.82 Å². The van der Waals surface area contributed by atoms with E-state index in [1.807, 2.05) is 0 Å². The standard InChI is InChI=1S/C17H15FN2O6/c1-10(26-17(22)11-3-6-13(25-2)7-4-11)16(21)19-12-5-8-14(18)15(9-12)20(23)24/h3-10H,1-2H3,(H,19,21)/t10-/m0/s1. The molecule has 136 valence electrons. The highest BCUT2D eigenvalue weighted by Gasteiger charge is 2.21. The Labute approximate surface area is 147 Å². The fraction of sp³-hybridized carbons (Fsp3) is 0.176. The zero-order valence-electron chi connectivity index (χ0n) is 13.9. The Morgan fingerprint density at radius 3 is 2.42 bits per heavy atom. The fourth-order valence-electron chi connectivity index (χ4n) is 1.98. The molecule has 0 fully saturated rings. The van der Waals surface area contributed by atoms with Crippen LogP contribution >= 0.6 is 0 Å². The molecular formula is C17H15FN2O6. The third-order valence-corrected chi connectivity index (χ3v) is 3.39. The van der Waals surface area contributed by atoms with Crippen LogP contribution in [0.2, 0.25) is 0 Å². The average Bonchev–Trinajstić information content (AvgIpc) is 2.62. The van der Waals surface area contributed by atoms with Crippen LogP contribution < -0.4 is 10.1 Å². The van der Waals surface area contributed by atoms with Gasteiger partial charge in [0, 0.05) is 11.8 Å². The topological polar surface area (TPSA) is 108 Å². The zero-order valence-corrected chi connectivity index (χ0v) is 13.9. The molecule has 0 saturated carbocycles. The van der Waals surface area contributed by atoms with Crippen LogP contribution in [-0.4, -0.2) is 30.0 Å². The second-order valence-corrected chi connectivity index (χ2v) is 5.19. The molecule has 2 aromatic rings. The van der Waals surface area contributed by atoms with Gasteiger partial charge >= 0.3 is 11.7 Å². The van der Waals surface area contributed by atoms with Gasteiger partial charge in [-0.2, -0.15) is 4.39 Å². The van der Waals surface area contributed by atoms with Crippen LogP contribution in [-0.2, 0) is 9.53 Å². The fourth-order valence-corrected chi connectivity index (χ4v) is 1.98. The van der Waals surface area contributed by atoms with Crippen LogP contribution in [0.1, 0.15) is 17.3 Å². The minimum absolute atomic E-state index is 0.00967. The maximum atomic E-state index is 13.3. The number of rotatable bonds is 6. The van der Waals surface area contributed by atoms with Crippen LogP contribution in [0.15, 0.2) is 42.5 Å². The number of nitro benzene ring substituents is 1. The van der Waals surface area contributed by atoms with Crippen LogP contribution in [0.3, 0.4) is 0 Å². The van der Waals surface area contributed by atoms with E-state index in [1.54, 1.807) is 12.1 Å². The van der Waals surface area contributed by atoms with Crippen molar-refractivity contribution in [3.05, 3.63) is 64.0 Å². The maximum absolute atomic E-state index is 13.3. The van der Waals surface area contributed by atoms with E-state index in [4.69, 9.17) is 9.47 Å². The number of carbonyl (C=O) groups excluding carboxylic acids is 2. The lowest BCUT2D eigenvalue weighted by Crippen LogP contribution is -2.30. The predicted octanol–water partition coefficient (Wildman–Crippen LogP) is 2.93. The van der Waals surface area contributed by atoms with Crippen molar-refractivity contribution in [3.63, 3.8) is 0 Å². The second kappa shape index (κ2) is 8.06. The van der Waals surface area contributed by atoms with Gasteiger partial charge in [-0.25, -0.2) is 4.79 Å². The highest BCUT2D eigenvalue weighted by atomic mass is 19.1. The average molecular weight is 362 g/mol. The van der Waals surface area contributed by atoms with E-state index in [1.165, 1.54) is 26.2 Å². The van der Waals surface area contributed by atoms with E-state index in [0.29, 0.717) is 5.75 Å². The smallest absolute Gasteiger partial charge is 0.338 e. The molecule has 26 heavy (non-hydrogen) atoms. The molecule has 1 N–H and O–H groups in total. The number of methoxy groups -OCH3 is 1. The molecule has 0 saturated heterocycles. The van der Waals surface area contributed by atoms with Gasteiger partial charge in [0.25, 0.3) is 5.91 Å². The summed E-state index contributed by atoms with van der Waals surface area (Å²) in [6, 6.07) is 9.01. The lowest BCUT2D eigenvalue weighted by Gasteiger charge is -2.13. The first-order valence-corrected chi connectivity index (χ1v) is 7.41. The number of anilines is 1. The zero-order chi connectivity index (χ0) is 19.3. The summed E-state index contributed by atoms with van der Waals surface area (Å²) >= 11 is 0. The number of hydrogen-bond donors (Lipinski definition) is 1. The quantitative estimate of drug-likeness (QED) is 0.481. The molecule has 1 atom stereocenters. The number of amides is 1. The first-order valence-electron chi connectivity index (χ1n) is 7.41. The number of ether oxygens (including phenoxy) is 2. The Kier molecular flexibility index (Phi) is 5.84. The number of benzene rings is 2. The van der Waals surface area contributed by atoms with Crippen molar-refractivity contribution >= 4 is 23.3 Å². The summed E-state index contributed by atoms with van der Waals surface area (Å²) in [6.45, 7) is 1.34. The molecule has 1 amide bonds. The lowest BCUT2D eigenvalue weighted by atomic mass is 10.2. The molecule has 2 rings (SSSR count). The Bertz CT molecular complexity index is 838. The summed E-state index contributed by atoms with van der Waals surface area (Å²) in [5.74, 6) is -1.90. The Morgan fingerprint density at radius 1 is 1.19 bits per heavy atom. The Hall–Kier alpha value is -3.49. The summed E-state index contributed by atoms with van der Waals surface area (Å²) in [4.78, 5) is 33.9. The molecular weight excluding hydrogens is 347 g/mol. The van der Waals surface area contributed by atoms with Crippen molar-refractivity contribution in [2.75, 3.05) is 12.4 Å². The minimum atomic E-state index is -1.17. The van der Waals surface area contributed by atoms with E-state index in [2.05, 4.69) is 5.32 Å². The first kappa shape index (κ1) is 18.8. The molecule has 0 spiro atoms. The summed E-state index contributed by atoms with van der Waals surface area (Å²) in [5, 5.41) is 13.0. The number of carbonyl (C=O) groups is 2. The Morgan fingerprint density at radius 2 is 1.85 bits per heavy atom. The van der Waals surface area contributed by atoms with Gasteiger partial charge < -0.3 is 14.8 Å². The van der Waals surface area contributed by atoms with Crippen molar-refractivity contribution in [2.45, 2.75) is 13.0 Å². The first-order chi connectivity index (χ1) is 12.3. The number of halogens is 1. The molecule has 0 heterocycles. The van der Waals surface area contributed by atoms with Gasteiger partial charge in [0.1, 0.15) is 5.75 Å². The summed E-state index contributed by atoms with van der Waals surface area (Å²) in [5.41, 5.74) is -0.538. The molecule has 0 aliphatic heterocycles. The van der Waals surface area contributed by atoms with Crippen molar-refractivity contribution in [3.8, 4) is 5.75 Å². The number of hydrogen-bond acceptors (Lipinski definition) is 6. The monoisotopic (exact) mass is 362 g/mol. The van der Waals surface area contributed by atoms with Crippen LogP contribution in [0, 0.1) is 15.9 Å². The van der Waals surface area contributed by atoms with E-state index >= 15 is 0 Å². The summed E-state index contributed by atoms with van der Waals surface area (Å²) in [7, 11) is 1.49. The van der Waals surface area contributed by atoms with Crippen molar-refractivity contribution in [1.29, 1.82) is 0 Å². The molecule has 0 unspecified atom stereocenters. The number of nitro groups is 1. The molecule has 9 heteroatoms. The van der Waals surface area contributed by atoms with Gasteiger partial charge in [-0.3, -0.25) is 14.9 Å². The van der Waals surface area contributed by atoms with E-state index < -0.39 is 34.4 Å².